The Morgan fingerprint density at radius 1 is 0.789 bits per heavy atom. The van der Waals surface area contributed by atoms with Crippen molar-refractivity contribution < 1.29 is 0 Å². The molecular formula is C19H28. The summed E-state index contributed by atoms with van der Waals surface area (Å²) in [6.07, 6.45) is 3.19. The minimum atomic E-state index is 0.638. The Hall–Kier alpha value is 0. The highest BCUT2D eigenvalue weighted by Crippen LogP contribution is 3.09. The fourth-order valence-electron chi connectivity index (χ4n) is 11.6. The second-order valence-electron chi connectivity index (χ2n) is 10.3. The van der Waals surface area contributed by atoms with E-state index in [9.17, 15) is 0 Å². The van der Waals surface area contributed by atoms with Crippen molar-refractivity contribution in [2.45, 2.75) is 54.4 Å². The summed E-state index contributed by atoms with van der Waals surface area (Å²) in [4.78, 5) is 0. The second-order valence-corrected chi connectivity index (χ2v) is 10.3. The number of rotatable bonds is 0. The molecule has 11 unspecified atom stereocenters. The average Bonchev–Trinajstić information content (AvgIpc) is 2.61. The molecule has 6 aliphatic rings. The topological polar surface area (TPSA) is 0 Å². The molecule has 0 aromatic heterocycles. The van der Waals surface area contributed by atoms with E-state index in [2.05, 4.69) is 41.5 Å². The summed E-state index contributed by atoms with van der Waals surface area (Å²) in [7, 11) is 0. The van der Waals surface area contributed by atoms with Gasteiger partial charge in [-0.25, -0.2) is 0 Å². The van der Waals surface area contributed by atoms with Crippen molar-refractivity contribution in [1.29, 1.82) is 0 Å². The molecule has 11 atom stereocenters. The van der Waals surface area contributed by atoms with E-state index >= 15 is 0 Å². The van der Waals surface area contributed by atoms with Gasteiger partial charge in [-0.15, -0.1) is 0 Å². The second kappa shape index (κ2) is 2.08. The highest BCUT2D eigenvalue weighted by Gasteiger charge is 3.06. The fourth-order valence-corrected chi connectivity index (χ4v) is 11.6. The first-order chi connectivity index (χ1) is 8.75. The zero-order chi connectivity index (χ0) is 13.4. The van der Waals surface area contributed by atoms with E-state index in [0.717, 1.165) is 46.3 Å². The van der Waals surface area contributed by atoms with Gasteiger partial charge in [-0.05, 0) is 75.4 Å². The lowest BCUT2D eigenvalue weighted by molar-refractivity contribution is -0.539. The van der Waals surface area contributed by atoms with Crippen LogP contribution in [-0.4, -0.2) is 0 Å². The maximum absolute atomic E-state index is 2.73. The molecule has 0 amide bonds. The first kappa shape index (κ1) is 10.7. The smallest absolute Gasteiger partial charge is 0.0108 e. The molecule has 6 aliphatic carbocycles. The largest absolute Gasteiger partial charge is 0.0616 e. The van der Waals surface area contributed by atoms with Gasteiger partial charge in [0, 0.05) is 0 Å². The molecule has 6 fully saturated rings. The first-order valence-corrected chi connectivity index (χ1v) is 8.75. The molecule has 0 nitrogen and oxygen atoms in total. The predicted molar refractivity (Wildman–Crippen MR) is 76.4 cm³/mol. The molecule has 4 bridgehead atoms. The van der Waals surface area contributed by atoms with Crippen molar-refractivity contribution in [3.8, 4) is 0 Å². The summed E-state index contributed by atoms with van der Waals surface area (Å²) in [5, 5.41) is 0. The SMILES string of the molecule is CC1C2(C)CC3C4CC2C2C(C)C5(C)C1(C)C3(C)C425. The van der Waals surface area contributed by atoms with Crippen LogP contribution >= 0.6 is 0 Å². The van der Waals surface area contributed by atoms with E-state index in [1.54, 1.807) is 12.8 Å². The quantitative estimate of drug-likeness (QED) is 0.594. The fraction of sp³-hybridized carbons (Fsp3) is 1.00. The molecule has 0 aromatic carbocycles. The Labute approximate surface area is 117 Å². The third-order valence-corrected chi connectivity index (χ3v) is 12.0. The van der Waals surface area contributed by atoms with E-state index < -0.39 is 0 Å². The minimum absolute atomic E-state index is 0.638. The van der Waals surface area contributed by atoms with E-state index in [0.29, 0.717) is 16.2 Å². The molecule has 0 saturated heterocycles. The van der Waals surface area contributed by atoms with Crippen LogP contribution in [0.4, 0.5) is 0 Å². The molecule has 6 saturated carbocycles. The van der Waals surface area contributed by atoms with Gasteiger partial charge < -0.3 is 0 Å². The summed E-state index contributed by atoms with van der Waals surface area (Å²) in [5.41, 5.74) is 3.54. The minimum Gasteiger partial charge on any atom is -0.0616 e. The predicted octanol–water partition coefficient (Wildman–Crippen LogP) is 4.60. The van der Waals surface area contributed by atoms with Crippen LogP contribution in [0.25, 0.3) is 0 Å². The monoisotopic (exact) mass is 256 g/mol. The lowest BCUT2D eigenvalue weighted by Gasteiger charge is -3.00. The van der Waals surface area contributed by atoms with Gasteiger partial charge in [-0.1, -0.05) is 41.5 Å². The molecule has 19 heavy (non-hydrogen) atoms. The van der Waals surface area contributed by atoms with Crippen LogP contribution in [0.3, 0.4) is 0 Å². The van der Waals surface area contributed by atoms with Gasteiger partial charge in [-0.3, -0.25) is 0 Å². The Morgan fingerprint density at radius 2 is 1.47 bits per heavy atom. The molecule has 0 heteroatoms. The first-order valence-electron chi connectivity index (χ1n) is 8.75. The van der Waals surface area contributed by atoms with Crippen molar-refractivity contribution in [1.82, 2.24) is 0 Å². The molecule has 0 N–H and O–H groups in total. The molecule has 1 spiro atoms. The van der Waals surface area contributed by atoms with Gasteiger partial charge in [0.1, 0.15) is 0 Å². The normalized spacial score (nSPS) is 88.1. The molecule has 6 rings (SSSR count). The number of fused-ring (bicyclic) bond motifs is 5. The number of hydrogen-bond acceptors (Lipinski definition) is 0. The molecule has 0 heterocycles. The molecule has 0 aromatic rings. The number of hydrogen-bond donors (Lipinski definition) is 0. The van der Waals surface area contributed by atoms with Crippen LogP contribution in [0.2, 0.25) is 0 Å². The Morgan fingerprint density at radius 3 is 2.16 bits per heavy atom. The van der Waals surface area contributed by atoms with Crippen molar-refractivity contribution >= 4 is 0 Å². The van der Waals surface area contributed by atoms with Crippen molar-refractivity contribution in [2.24, 2.45) is 62.6 Å². The van der Waals surface area contributed by atoms with Crippen LogP contribution in [0, 0.1) is 62.6 Å². The van der Waals surface area contributed by atoms with E-state index in [4.69, 9.17) is 0 Å². The Kier molecular flexibility index (Phi) is 1.17. The lowest BCUT2D eigenvalue weighted by atomic mass is 9.03. The maximum atomic E-state index is 2.73. The zero-order valence-corrected chi connectivity index (χ0v) is 13.4. The summed E-state index contributed by atoms with van der Waals surface area (Å²) in [6.45, 7) is 16.1. The summed E-state index contributed by atoms with van der Waals surface area (Å²) >= 11 is 0. The van der Waals surface area contributed by atoms with Gasteiger partial charge in [0.05, 0.1) is 0 Å². The highest BCUT2D eigenvalue weighted by atomic mass is 15.1. The van der Waals surface area contributed by atoms with Gasteiger partial charge in [-0.2, -0.15) is 0 Å². The van der Waals surface area contributed by atoms with Crippen molar-refractivity contribution in [2.75, 3.05) is 0 Å². The average molecular weight is 256 g/mol. The standard InChI is InChI=1S/C19H28/c1-9-14-12-7-11-13-8-15(12,3)10(2)17(5)16(9,4)19(11,14)18(13,17)6/h9-14H,7-8H2,1-6H3. The Balaban J connectivity index is 1.78. The van der Waals surface area contributed by atoms with E-state index in [1.807, 2.05) is 0 Å². The summed E-state index contributed by atoms with van der Waals surface area (Å²) in [6, 6.07) is 0. The van der Waals surface area contributed by atoms with Gasteiger partial charge in [0.25, 0.3) is 0 Å². The molecular weight excluding hydrogens is 228 g/mol. The molecule has 0 radical (unpaired) electrons. The van der Waals surface area contributed by atoms with Crippen molar-refractivity contribution in [3.63, 3.8) is 0 Å². The van der Waals surface area contributed by atoms with Crippen LogP contribution in [0.5, 0.6) is 0 Å². The van der Waals surface area contributed by atoms with Gasteiger partial charge in [0.2, 0.25) is 0 Å². The van der Waals surface area contributed by atoms with Crippen molar-refractivity contribution in [3.05, 3.63) is 0 Å². The summed E-state index contributed by atoms with van der Waals surface area (Å²) < 4.78 is 0. The van der Waals surface area contributed by atoms with Crippen LogP contribution < -0.4 is 0 Å². The highest BCUT2D eigenvalue weighted by molar-refractivity contribution is 5.52. The van der Waals surface area contributed by atoms with E-state index in [1.165, 1.54) is 0 Å². The van der Waals surface area contributed by atoms with Crippen LogP contribution in [0.15, 0.2) is 0 Å². The lowest BCUT2D eigenvalue weighted by Crippen LogP contribution is -2.97. The van der Waals surface area contributed by atoms with E-state index in [-0.39, 0.29) is 0 Å². The maximum Gasteiger partial charge on any atom is -0.0108 e. The molecule has 0 aliphatic heterocycles. The van der Waals surface area contributed by atoms with Crippen LogP contribution in [-0.2, 0) is 0 Å². The van der Waals surface area contributed by atoms with Crippen LogP contribution in [0.1, 0.15) is 54.4 Å². The third kappa shape index (κ3) is 0.470. The summed E-state index contributed by atoms with van der Waals surface area (Å²) in [5.74, 6) is 6.37. The third-order valence-electron chi connectivity index (χ3n) is 12.0. The molecule has 104 valence electrons. The Bertz CT molecular complexity index is 550. The zero-order valence-electron chi connectivity index (χ0n) is 13.4. The van der Waals surface area contributed by atoms with Gasteiger partial charge >= 0.3 is 0 Å². The van der Waals surface area contributed by atoms with Gasteiger partial charge in [0.15, 0.2) is 0 Å².